The minimum absolute atomic E-state index is 0.0387. The number of fused-ring (bicyclic) bond motifs is 3. The highest BCUT2D eigenvalue weighted by Crippen LogP contribution is 2.54. The average Bonchev–Trinajstić information content (AvgIpc) is 2.90. The van der Waals surface area contributed by atoms with Gasteiger partial charge in [-0.3, -0.25) is 4.98 Å². The number of hydrogen-bond acceptors (Lipinski definition) is 4. The van der Waals surface area contributed by atoms with Crippen molar-refractivity contribution in [1.82, 2.24) is 4.98 Å². The Morgan fingerprint density at radius 3 is 2.59 bits per heavy atom. The molecule has 2 aromatic carbocycles. The molecule has 0 unspecified atom stereocenters. The van der Waals surface area contributed by atoms with Crippen LogP contribution in [0.4, 0.5) is 0 Å². The van der Waals surface area contributed by atoms with Gasteiger partial charge in [-0.15, -0.1) is 0 Å². The van der Waals surface area contributed by atoms with Gasteiger partial charge in [-0.25, -0.2) is 0 Å². The zero-order chi connectivity index (χ0) is 25.1. The molecule has 0 spiro atoms. The quantitative estimate of drug-likeness (QED) is 0.370. The number of aliphatic hydroxyl groups is 1. The number of pyridine rings is 1. The van der Waals surface area contributed by atoms with Crippen molar-refractivity contribution >= 4 is 0 Å². The summed E-state index contributed by atoms with van der Waals surface area (Å²) in [5.41, 5.74) is 4.65. The van der Waals surface area contributed by atoms with Crippen molar-refractivity contribution in [3.63, 3.8) is 0 Å². The Labute approximate surface area is 221 Å². The summed E-state index contributed by atoms with van der Waals surface area (Å²) in [5, 5.41) is 11.6. The molecule has 2 saturated carbocycles. The summed E-state index contributed by atoms with van der Waals surface area (Å²) in [6.45, 7) is 1.82. The van der Waals surface area contributed by atoms with Crippen LogP contribution >= 0.6 is 0 Å². The Balaban J connectivity index is 1.23. The monoisotopic (exact) mass is 497 g/mol. The second-order valence-corrected chi connectivity index (χ2v) is 11.8. The van der Waals surface area contributed by atoms with Crippen LogP contribution in [0, 0.1) is 11.8 Å². The molecular formula is C33H39NO3. The highest BCUT2D eigenvalue weighted by molar-refractivity contribution is 5.45. The lowest BCUT2D eigenvalue weighted by Crippen LogP contribution is -2.53. The van der Waals surface area contributed by atoms with Crippen molar-refractivity contribution in [3.8, 4) is 5.75 Å². The Hall–Kier alpha value is -2.69. The molecule has 0 aliphatic heterocycles. The maximum Gasteiger partial charge on any atom is 0.120 e. The summed E-state index contributed by atoms with van der Waals surface area (Å²) in [6.07, 6.45) is 13.3. The summed E-state index contributed by atoms with van der Waals surface area (Å²) in [4.78, 5) is 4.20. The van der Waals surface area contributed by atoms with Crippen LogP contribution in [0.25, 0.3) is 0 Å². The first-order valence-electron chi connectivity index (χ1n) is 14.1. The first-order valence-corrected chi connectivity index (χ1v) is 14.1. The molecule has 37 heavy (non-hydrogen) atoms. The molecule has 194 valence electrons. The summed E-state index contributed by atoms with van der Waals surface area (Å²) in [6, 6.07) is 21.6. The molecule has 0 amide bonds. The van der Waals surface area contributed by atoms with Crippen LogP contribution < -0.4 is 4.74 Å². The summed E-state index contributed by atoms with van der Waals surface area (Å²) in [7, 11) is 0. The molecular weight excluding hydrogens is 458 g/mol. The van der Waals surface area contributed by atoms with Crippen LogP contribution in [0.1, 0.15) is 67.2 Å². The third-order valence-electron chi connectivity index (χ3n) is 9.26. The van der Waals surface area contributed by atoms with Crippen LogP contribution in [0.5, 0.6) is 5.75 Å². The number of hydrogen-bond donors (Lipinski definition) is 1. The molecule has 2 fully saturated rings. The van der Waals surface area contributed by atoms with E-state index >= 15 is 0 Å². The van der Waals surface area contributed by atoms with Crippen LogP contribution in [0.15, 0.2) is 73.1 Å². The van der Waals surface area contributed by atoms with Gasteiger partial charge in [0.2, 0.25) is 0 Å². The van der Waals surface area contributed by atoms with Crippen molar-refractivity contribution in [2.45, 2.75) is 75.4 Å². The molecule has 0 bridgehead atoms. The Morgan fingerprint density at radius 1 is 0.946 bits per heavy atom. The van der Waals surface area contributed by atoms with Crippen LogP contribution in [-0.2, 0) is 29.6 Å². The van der Waals surface area contributed by atoms with E-state index in [2.05, 4.69) is 53.5 Å². The molecule has 1 N–H and O–H groups in total. The van der Waals surface area contributed by atoms with Gasteiger partial charge in [0.15, 0.2) is 0 Å². The molecule has 1 heterocycles. The van der Waals surface area contributed by atoms with Crippen molar-refractivity contribution in [2.75, 3.05) is 13.2 Å². The van der Waals surface area contributed by atoms with E-state index in [-0.39, 0.29) is 5.41 Å². The predicted octanol–water partition coefficient (Wildman–Crippen LogP) is 6.44. The third-order valence-corrected chi connectivity index (χ3v) is 9.26. The molecule has 0 saturated heterocycles. The number of aryl methyl sites for hydroxylation is 1. The van der Waals surface area contributed by atoms with E-state index in [4.69, 9.17) is 9.47 Å². The topological polar surface area (TPSA) is 51.6 Å². The van der Waals surface area contributed by atoms with Crippen molar-refractivity contribution in [2.24, 2.45) is 11.8 Å². The Bertz CT molecular complexity index is 1180. The third kappa shape index (κ3) is 5.32. The van der Waals surface area contributed by atoms with Gasteiger partial charge in [0, 0.05) is 30.0 Å². The maximum atomic E-state index is 11.6. The normalized spacial score (nSPS) is 27.1. The summed E-state index contributed by atoms with van der Waals surface area (Å²) >= 11 is 0. The molecule has 0 radical (unpaired) electrons. The first-order chi connectivity index (χ1) is 18.1. The van der Waals surface area contributed by atoms with Crippen molar-refractivity contribution in [3.05, 3.63) is 95.3 Å². The van der Waals surface area contributed by atoms with Gasteiger partial charge in [0.1, 0.15) is 12.4 Å². The minimum atomic E-state index is -0.709. The van der Waals surface area contributed by atoms with E-state index in [0.29, 0.717) is 25.0 Å². The van der Waals surface area contributed by atoms with Crippen LogP contribution in [0.2, 0.25) is 0 Å². The Morgan fingerprint density at radius 2 is 1.81 bits per heavy atom. The predicted molar refractivity (Wildman–Crippen MR) is 146 cm³/mol. The van der Waals surface area contributed by atoms with Gasteiger partial charge in [0.05, 0.1) is 12.2 Å². The number of nitrogens with zero attached hydrogens (tertiary/aromatic N) is 1. The number of rotatable bonds is 9. The molecule has 3 aliphatic rings. The fraction of sp³-hybridized carbons (Fsp3) is 0.485. The summed E-state index contributed by atoms with van der Waals surface area (Å²) in [5.74, 6) is 2.07. The maximum absolute atomic E-state index is 11.6. The van der Waals surface area contributed by atoms with Crippen LogP contribution in [-0.4, -0.2) is 28.9 Å². The Kier molecular flexibility index (Phi) is 7.05. The van der Waals surface area contributed by atoms with Crippen molar-refractivity contribution < 1.29 is 14.6 Å². The van der Waals surface area contributed by atoms with E-state index in [1.54, 1.807) is 6.20 Å². The molecule has 3 aromatic rings. The lowest BCUT2D eigenvalue weighted by Gasteiger charge is -2.53. The van der Waals surface area contributed by atoms with Gasteiger partial charge < -0.3 is 14.6 Å². The smallest absolute Gasteiger partial charge is 0.120 e. The first kappa shape index (κ1) is 24.6. The molecule has 3 aliphatic carbocycles. The second kappa shape index (κ2) is 10.6. The second-order valence-electron chi connectivity index (χ2n) is 11.8. The van der Waals surface area contributed by atoms with E-state index in [1.165, 1.54) is 36.0 Å². The molecule has 4 heteroatoms. The van der Waals surface area contributed by atoms with E-state index < -0.39 is 5.60 Å². The molecule has 4 nitrogen and oxygen atoms in total. The fourth-order valence-corrected chi connectivity index (χ4v) is 6.98. The highest BCUT2D eigenvalue weighted by Gasteiger charge is 2.51. The van der Waals surface area contributed by atoms with E-state index in [0.717, 1.165) is 56.4 Å². The number of ether oxygens (including phenoxy) is 2. The molecule has 3 atom stereocenters. The van der Waals surface area contributed by atoms with Gasteiger partial charge in [0.25, 0.3) is 0 Å². The lowest BCUT2D eigenvalue weighted by molar-refractivity contribution is -0.108. The van der Waals surface area contributed by atoms with E-state index in [9.17, 15) is 5.11 Å². The zero-order valence-corrected chi connectivity index (χ0v) is 21.8. The fourth-order valence-electron chi connectivity index (χ4n) is 6.98. The highest BCUT2D eigenvalue weighted by atomic mass is 16.5. The van der Waals surface area contributed by atoms with Crippen LogP contribution in [0.3, 0.4) is 0 Å². The lowest BCUT2D eigenvalue weighted by atomic mass is 9.52. The minimum Gasteiger partial charge on any atom is -0.489 e. The zero-order valence-electron chi connectivity index (χ0n) is 21.8. The SMILES string of the molecule is O[C@]1(COCC2CCC2)CC[C@@]2(Cc3ccccc3)c3ccc(OCc4cccnc4)cc3CC[C@@H]2C1. The van der Waals surface area contributed by atoms with Crippen molar-refractivity contribution in [1.29, 1.82) is 0 Å². The van der Waals surface area contributed by atoms with E-state index in [1.807, 2.05) is 18.3 Å². The average molecular weight is 498 g/mol. The number of aromatic nitrogens is 1. The van der Waals surface area contributed by atoms with Gasteiger partial charge in [-0.05, 0) is 98.1 Å². The van der Waals surface area contributed by atoms with Gasteiger partial charge >= 0.3 is 0 Å². The molecule has 1 aromatic heterocycles. The number of benzene rings is 2. The van der Waals surface area contributed by atoms with Gasteiger partial charge in [-0.2, -0.15) is 0 Å². The van der Waals surface area contributed by atoms with Gasteiger partial charge in [-0.1, -0.05) is 48.9 Å². The summed E-state index contributed by atoms with van der Waals surface area (Å²) < 4.78 is 12.2. The standard InChI is InChI=1S/C33H39NO3/c35-32(24-36-22-26-8-4-9-26)15-16-33(19-25-6-2-1-3-7-25)29(20-32)12-11-28-18-30(13-14-31(28)33)37-23-27-10-5-17-34-21-27/h1-3,5-7,10,13-14,17-18,21,26,29,35H,4,8-9,11-12,15-16,19-20,22-24H2/t29-,32-,33+/m1/s1. The molecule has 6 rings (SSSR count). The largest absolute Gasteiger partial charge is 0.489 e.